The molecule has 0 bridgehead atoms. The van der Waals surface area contributed by atoms with Gasteiger partial charge >= 0.3 is 6.03 Å². The molecule has 1 aliphatic carbocycles. The van der Waals surface area contributed by atoms with E-state index in [1.54, 1.807) is 0 Å². The minimum absolute atomic E-state index is 0.221. The van der Waals surface area contributed by atoms with Crippen molar-refractivity contribution in [2.24, 2.45) is 11.7 Å². The van der Waals surface area contributed by atoms with E-state index in [-0.39, 0.29) is 12.5 Å². The van der Waals surface area contributed by atoms with Crippen molar-refractivity contribution in [2.45, 2.75) is 83.0 Å². The molecule has 1 aliphatic heterocycles. The highest BCUT2D eigenvalue weighted by Crippen LogP contribution is 2.31. The summed E-state index contributed by atoms with van der Waals surface area (Å²) in [5, 5.41) is 18.1. The number of carbonyl (C=O) groups excluding carboxylic acids is 4. The summed E-state index contributed by atoms with van der Waals surface area (Å²) in [5.41, 5.74) is 4.81. The van der Waals surface area contributed by atoms with Crippen LogP contribution in [0.5, 0.6) is 0 Å². The summed E-state index contributed by atoms with van der Waals surface area (Å²) >= 11 is 0. The monoisotopic (exact) mass is 425 g/mol. The number of hydrogen-bond donors (Lipinski definition) is 5. The largest absolute Gasteiger partial charge is 0.381 e. The van der Waals surface area contributed by atoms with E-state index in [1.165, 1.54) is 4.90 Å². The average molecular weight is 426 g/mol. The van der Waals surface area contributed by atoms with Gasteiger partial charge in [-0.3, -0.25) is 14.4 Å². The van der Waals surface area contributed by atoms with E-state index < -0.39 is 41.6 Å². The van der Waals surface area contributed by atoms with Crippen molar-refractivity contribution < 1.29 is 24.3 Å². The highest BCUT2D eigenvalue weighted by molar-refractivity contribution is 5.91. The number of aliphatic hydroxyl groups excluding tert-OH is 1. The van der Waals surface area contributed by atoms with Crippen molar-refractivity contribution in [2.75, 3.05) is 13.1 Å². The first-order chi connectivity index (χ1) is 14.0. The zero-order valence-electron chi connectivity index (χ0n) is 18.1. The average Bonchev–Trinajstić information content (AvgIpc) is 3.09. The van der Waals surface area contributed by atoms with Crippen LogP contribution in [0.25, 0.3) is 0 Å². The fourth-order valence-electron chi connectivity index (χ4n) is 3.81. The molecule has 1 saturated heterocycles. The lowest BCUT2D eigenvalue weighted by Crippen LogP contribution is -2.56. The molecule has 0 aromatic heterocycles. The topological polar surface area (TPSA) is 154 Å². The lowest BCUT2D eigenvalue weighted by atomic mass is 9.79. The number of primary amides is 1. The van der Waals surface area contributed by atoms with Crippen LogP contribution in [0.4, 0.5) is 4.79 Å². The molecule has 2 aliphatic rings. The molecule has 10 heteroatoms. The molecule has 6 N–H and O–H groups in total. The first-order valence-electron chi connectivity index (χ1n) is 10.6. The maximum atomic E-state index is 12.8. The molecule has 1 heterocycles. The lowest BCUT2D eigenvalue weighted by molar-refractivity contribution is -0.139. The van der Waals surface area contributed by atoms with Crippen LogP contribution in [0.2, 0.25) is 0 Å². The molecule has 170 valence electrons. The van der Waals surface area contributed by atoms with E-state index in [0.29, 0.717) is 31.7 Å². The number of aliphatic hydroxyl groups is 1. The van der Waals surface area contributed by atoms with Crippen LogP contribution in [0.1, 0.15) is 59.3 Å². The molecule has 10 nitrogen and oxygen atoms in total. The molecule has 1 saturated carbocycles. The minimum Gasteiger partial charge on any atom is -0.381 e. The van der Waals surface area contributed by atoms with E-state index in [4.69, 9.17) is 5.73 Å². The number of likely N-dealkylation sites (tertiary alicyclic amines) is 1. The van der Waals surface area contributed by atoms with Gasteiger partial charge in [0.1, 0.15) is 6.04 Å². The number of nitrogens with two attached hydrogens (primary N) is 1. The standard InChI is InChI=1S/C20H35N5O5/c1-20(2,3)24-19(30)22-11-15(26)25-9-5-8-14(25)18(29)23-13(16(27)17(21)28)10-12-6-4-7-12/h12-14,16,27H,4-11H2,1-3H3,(H2,21,28)(H,23,29)(H2,22,24,30)/t13?,14-,16?/m0/s1. The fourth-order valence-corrected chi connectivity index (χ4v) is 3.81. The maximum absolute atomic E-state index is 12.8. The molecule has 2 rings (SSSR count). The number of hydrogen-bond acceptors (Lipinski definition) is 5. The summed E-state index contributed by atoms with van der Waals surface area (Å²) < 4.78 is 0. The third-order valence-electron chi connectivity index (χ3n) is 5.58. The third-order valence-corrected chi connectivity index (χ3v) is 5.58. The Labute approximate surface area is 177 Å². The van der Waals surface area contributed by atoms with E-state index in [9.17, 15) is 24.3 Å². The van der Waals surface area contributed by atoms with Gasteiger partial charge in [-0.05, 0) is 46.0 Å². The van der Waals surface area contributed by atoms with Crippen molar-refractivity contribution in [3.63, 3.8) is 0 Å². The van der Waals surface area contributed by atoms with Crippen molar-refractivity contribution in [1.29, 1.82) is 0 Å². The Balaban J connectivity index is 1.93. The number of rotatable bonds is 8. The molecule has 5 amide bonds. The van der Waals surface area contributed by atoms with Gasteiger partial charge in [0, 0.05) is 12.1 Å². The van der Waals surface area contributed by atoms with Crippen LogP contribution in [-0.2, 0) is 14.4 Å². The zero-order valence-corrected chi connectivity index (χ0v) is 18.1. The van der Waals surface area contributed by atoms with E-state index in [0.717, 1.165) is 19.3 Å². The van der Waals surface area contributed by atoms with Gasteiger partial charge in [0.15, 0.2) is 6.10 Å². The van der Waals surface area contributed by atoms with Gasteiger partial charge in [0.2, 0.25) is 17.7 Å². The Morgan fingerprint density at radius 3 is 2.33 bits per heavy atom. The Hall–Kier alpha value is -2.36. The normalized spacial score (nSPS) is 21.3. The van der Waals surface area contributed by atoms with Gasteiger partial charge in [-0.15, -0.1) is 0 Å². The number of amides is 5. The van der Waals surface area contributed by atoms with Gasteiger partial charge in [0.05, 0.1) is 12.6 Å². The van der Waals surface area contributed by atoms with Crippen molar-refractivity contribution >= 4 is 23.8 Å². The van der Waals surface area contributed by atoms with Gasteiger partial charge in [-0.25, -0.2) is 4.79 Å². The highest BCUT2D eigenvalue weighted by atomic mass is 16.3. The molecule has 30 heavy (non-hydrogen) atoms. The number of urea groups is 1. The molecular weight excluding hydrogens is 390 g/mol. The molecule has 3 atom stereocenters. The van der Waals surface area contributed by atoms with Crippen LogP contribution < -0.4 is 21.7 Å². The van der Waals surface area contributed by atoms with Crippen molar-refractivity contribution in [3.05, 3.63) is 0 Å². The van der Waals surface area contributed by atoms with E-state index >= 15 is 0 Å². The van der Waals surface area contributed by atoms with Crippen molar-refractivity contribution in [3.8, 4) is 0 Å². The van der Waals surface area contributed by atoms with Gasteiger partial charge in [-0.1, -0.05) is 19.3 Å². The molecular formula is C20H35N5O5. The van der Waals surface area contributed by atoms with Gasteiger partial charge in [-0.2, -0.15) is 0 Å². The summed E-state index contributed by atoms with van der Waals surface area (Å²) in [6, 6.07) is -1.93. The van der Waals surface area contributed by atoms with Crippen molar-refractivity contribution in [1.82, 2.24) is 20.9 Å². The fraction of sp³-hybridized carbons (Fsp3) is 0.800. The second-order valence-corrected chi connectivity index (χ2v) is 9.30. The SMILES string of the molecule is CC(C)(C)NC(=O)NCC(=O)N1CCC[C@H]1C(=O)NC(CC1CCC1)C(O)C(N)=O. The third kappa shape index (κ3) is 6.86. The second kappa shape index (κ2) is 10.1. The molecule has 2 unspecified atom stereocenters. The Kier molecular flexibility index (Phi) is 8.05. The van der Waals surface area contributed by atoms with Gasteiger partial charge in [0.25, 0.3) is 0 Å². The first-order valence-corrected chi connectivity index (χ1v) is 10.6. The predicted octanol–water partition coefficient (Wildman–Crippen LogP) is -0.404. The smallest absolute Gasteiger partial charge is 0.315 e. The molecule has 0 spiro atoms. The zero-order chi connectivity index (χ0) is 22.5. The summed E-state index contributed by atoms with van der Waals surface area (Å²) in [5.74, 6) is -1.31. The summed E-state index contributed by atoms with van der Waals surface area (Å²) in [4.78, 5) is 50.2. The van der Waals surface area contributed by atoms with Crippen LogP contribution in [-0.4, -0.2) is 70.6 Å². The predicted molar refractivity (Wildman–Crippen MR) is 110 cm³/mol. The van der Waals surface area contributed by atoms with Crippen LogP contribution in [0, 0.1) is 5.92 Å². The number of nitrogens with zero attached hydrogens (tertiary/aromatic N) is 1. The summed E-state index contributed by atoms with van der Waals surface area (Å²) in [6.07, 6.45) is 3.23. The Morgan fingerprint density at radius 1 is 1.13 bits per heavy atom. The van der Waals surface area contributed by atoms with E-state index in [2.05, 4.69) is 16.0 Å². The Bertz CT molecular complexity index is 658. The Morgan fingerprint density at radius 2 is 1.80 bits per heavy atom. The quantitative estimate of drug-likeness (QED) is 0.358. The summed E-state index contributed by atoms with van der Waals surface area (Å²) in [7, 11) is 0. The molecule has 0 aromatic carbocycles. The highest BCUT2D eigenvalue weighted by Gasteiger charge is 2.37. The maximum Gasteiger partial charge on any atom is 0.315 e. The molecule has 0 radical (unpaired) electrons. The minimum atomic E-state index is -1.47. The number of nitrogens with one attached hydrogen (secondary N) is 3. The molecule has 2 fully saturated rings. The molecule has 0 aromatic rings. The second-order valence-electron chi connectivity index (χ2n) is 9.30. The van der Waals surface area contributed by atoms with Crippen LogP contribution in [0.15, 0.2) is 0 Å². The van der Waals surface area contributed by atoms with E-state index in [1.807, 2.05) is 20.8 Å². The van der Waals surface area contributed by atoms with Crippen LogP contribution >= 0.6 is 0 Å². The first kappa shape index (κ1) is 23.9. The van der Waals surface area contributed by atoms with Gasteiger partial charge < -0.3 is 31.7 Å². The van der Waals surface area contributed by atoms with Crippen LogP contribution in [0.3, 0.4) is 0 Å². The number of carbonyl (C=O) groups is 4. The lowest BCUT2D eigenvalue weighted by Gasteiger charge is -2.33. The summed E-state index contributed by atoms with van der Waals surface area (Å²) in [6.45, 7) is 5.67.